The molecule has 0 fully saturated rings. The van der Waals surface area contributed by atoms with Crippen molar-refractivity contribution in [3.05, 3.63) is 66.0 Å². The molecule has 0 heterocycles. The first kappa shape index (κ1) is 20.7. The standard InChI is InChI=1S/C21H31N3O/c1-6-9-19(15-22-12-7-2)17(3)13-21(25)23-20-11-8-10-18(14-20)16-24(4)5/h6-12,14-15,17,22H,13,16H2,1-5H3,(H,23,25)/b9-6+,12-7+,19-15+. The lowest BCUT2D eigenvalue weighted by molar-refractivity contribution is -0.116. The molecule has 0 radical (unpaired) electrons. The van der Waals surface area contributed by atoms with Crippen LogP contribution in [0, 0.1) is 5.92 Å². The van der Waals surface area contributed by atoms with E-state index in [4.69, 9.17) is 0 Å². The van der Waals surface area contributed by atoms with Gasteiger partial charge in [0.25, 0.3) is 0 Å². The summed E-state index contributed by atoms with van der Waals surface area (Å²) in [5.74, 6) is 0.148. The summed E-state index contributed by atoms with van der Waals surface area (Å²) in [4.78, 5) is 14.5. The number of allylic oxidation sites excluding steroid dienone is 4. The number of hydrogen-bond acceptors (Lipinski definition) is 3. The Morgan fingerprint density at radius 2 is 2.00 bits per heavy atom. The molecule has 4 nitrogen and oxygen atoms in total. The van der Waals surface area contributed by atoms with Crippen LogP contribution < -0.4 is 10.6 Å². The minimum absolute atomic E-state index is 0.0240. The molecule has 1 rings (SSSR count). The molecule has 25 heavy (non-hydrogen) atoms. The third kappa shape index (κ3) is 8.36. The fourth-order valence-corrected chi connectivity index (χ4v) is 2.51. The molecule has 0 aliphatic rings. The van der Waals surface area contributed by atoms with E-state index < -0.39 is 0 Å². The number of nitrogens with one attached hydrogen (secondary N) is 2. The van der Waals surface area contributed by atoms with E-state index in [0.29, 0.717) is 6.42 Å². The highest BCUT2D eigenvalue weighted by Crippen LogP contribution is 2.18. The van der Waals surface area contributed by atoms with Gasteiger partial charge >= 0.3 is 0 Å². The maximum Gasteiger partial charge on any atom is 0.224 e. The third-order valence-electron chi connectivity index (χ3n) is 3.64. The predicted octanol–water partition coefficient (Wildman–Crippen LogP) is 4.30. The van der Waals surface area contributed by atoms with E-state index in [9.17, 15) is 4.79 Å². The number of nitrogens with zero attached hydrogens (tertiary/aromatic N) is 1. The summed E-state index contributed by atoms with van der Waals surface area (Å²) in [6.45, 7) is 6.85. The predicted molar refractivity (Wildman–Crippen MR) is 107 cm³/mol. The van der Waals surface area contributed by atoms with E-state index in [1.54, 1.807) is 0 Å². The Morgan fingerprint density at radius 3 is 2.64 bits per heavy atom. The molecule has 136 valence electrons. The number of carbonyl (C=O) groups excluding carboxylic acids is 1. The summed E-state index contributed by atoms with van der Waals surface area (Å²) >= 11 is 0. The molecule has 0 saturated heterocycles. The molecule has 0 bridgehead atoms. The fraction of sp³-hybridized carbons (Fsp3) is 0.381. The zero-order valence-electron chi connectivity index (χ0n) is 16.0. The van der Waals surface area contributed by atoms with Gasteiger partial charge in [-0.25, -0.2) is 0 Å². The molecule has 1 unspecified atom stereocenters. The van der Waals surface area contributed by atoms with Crippen molar-refractivity contribution in [2.45, 2.75) is 33.7 Å². The van der Waals surface area contributed by atoms with Gasteiger partial charge in [-0.15, -0.1) is 0 Å². The van der Waals surface area contributed by atoms with Crippen LogP contribution in [0.25, 0.3) is 0 Å². The van der Waals surface area contributed by atoms with Gasteiger partial charge in [0.1, 0.15) is 0 Å². The second kappa shape index (κ2) is 11.3. The van der Waals surface area contributed by atoms with E-state index in [1.165, 1.54) is 5.56 Å². The van der Waals surface area contributed by atoms with Crippen molar-refractivity contribution in [3.8, 4) is 0 Å². The van der Waals surface area contributed by atoms with Gasteiger partial charge in [0.2, 0.25) is 5.91 Å². The van der Waals surface area contributed by atoms with Gasteiger partial charge in [0.05, 0.1) is 0 Å². The lowest BCUT2D eigenvalue weighted by atomic mass is 9.97. The van der Waals surface area contributed by atoms with E-state index in [1.807, 2.05) is 76.8 Å². The van der Waals surface area contributed by atoms with E-state index in [2.05, 4.69) is 28.5 Å². The highest BCUT2D eigenvalue weighted by Gasteiger charge is 2.12. The molecule has 0 saturated carbocycles. The first-order valence-corrected chi connectivity index (χ1v) is 8.69. The minimum Gasteiger partial charge on any atom is -0.368 e. The topological polar surface area (TPSA) is 44.4 Å². The van der Waals surface area contributed by atoms with Crippen LogP contribution in [0.5, 0.6) is 0 Å². The number of amides is 1. The van der Waals surface area contributed by atoms with E-state index in [0.717, 1.165) is 17.8 Å². The molecule has 1 amide bonds. The first-order chi connectivity index (χ1) is 12.0. The SMILES string of the molecule is C/C=C/N/C=C(\C=C\C)C(C)CC(=O)Nc1cccc(CN(C)C)c1. The Bertz CT molecular complexity index is 630. The van der Waals surface area contributed by atoms with Crippen molar-refractivity contribution < 1.29 is 4.79 Å². The monoisotopic (exact) mass is 341 g/mol. The molecule has 1 aromatic rings. The van der Waals surface area contributed by atoms with Gasteiger partial charge in [-0.3, -0.25) is 4.79 Å². The Kier molecular flexibility index (Phi) is 9.33. The van der Waals surface area contributed by atoms with Crippen LogP contribution in [0.3, 0.4) is 0 Å². The Morgan fingerprint density at radius 1 is 1.24 bits per heavy atom. The fourth-order valence-electron chi connectivity index (χ4n) is 2.51. The van der Waals surface area contributed by atoms with Crippen molar-refractivity contribution in [2.75, 3.05) is 19.4 Å². The number of hydrogen-bond donors (Lipinski definition) is 2. The zero-order chi connectivity index (χ0) is 18.7. The summed E-state index contributed by atoms with van der Waals surface area (Å²) < 4.78 is 0. The average Bonchev–Trinajstić information content (AvgIpc) is 2.53. The van der Waals surface area contributed by atoms with Crippen molar-refractivity contribution in [1.29, 1.82) is 0 Å². The number of rotatable bonds is 9. The van der Waals surface area contributed by atoms with Gasteiger partial charge in [0.15, 0.2) is 0 Å². The average molecular weight is 341 g/mol. The molecule has 0 aliphatic carbocycles. The lowest BCUT2D eigenvalue weighted by Crippen LogP contribution is -2.17. The maximum atomic E-state index is 12.4. The highest BCUT2D eigenvalue weighted by atomic mass is 16.1. The molecule has 0 spiro atoms. The molecule has 2 N–H and O–H groups in total. The summed E-state index contributed by atoms with van der Waals surface area (Å²) in [5.41, 5.74) is 3.12. The first-order valence-electron chi connectivity index (χ1n) is 8.69. The van der Waals surface area contributed by atoms with Crippen LogP contribution in [0.1, 0.15) is 32.8 Å². The largest absolute Gasteiger partial charge is 0.368 e. The van der Waals surface area contributed by atoms with Crippen LogP contribution in [0.15, 0.2) is 60.5 Å². The lowest BCUT2D eigenvalue weighted by Gasteiger charge is -2.14. The van der Waals surface area contributed by atoms with Crippen LogP contribution >= 0.6 is 0 Å². The normalized spacial score (nSPS) is 13.6. The van der Waals surface area contributed by atoms with E-state index in [-0.39, 0.29) is 11.8 Å². The third-order valence-corrected chi connectivity index (χ3v) is 3.64. The number of benzene rings is 1. The summed E-state index contributed by atoms with van der Waals surface area (Å²) in [7, 11) is 4.06. The van der Waals surface area contributed by atoms with Crippen molar-refractivity contribution >= 4 is 11.6 Å². The quantitative estimate of drug-likeness (QED) is 0.658. The number of anilines is 1. The Balaban J connectivity index is 2.69. The van der Waals surface area contributed by atoms with E-state index >= 15 is 0 Å². The maximum absolute atomic E-state index is 12.4. The second-order valence-electron chi connectivity index (χ2n) is 6.40. The molecule has 1 aromatic carbocycles. The van der Waals surface area contributed by atoms with Gasteiger partial charge < -0.3 is 15.5 Å². The molecule has 4 heteroatoms. The molecular formula is C21H31N3O. The van der Waals surface area contributed by atoms with Crippen LogP contribution in [0.4, 0.5) is 5.69 Å². The summed E-state index contributed by atoms with van der Waals surface area (Å²) in [5, 5.41) is 6.13. The minimum atomic E-state index is 0.0240. The van der Waals surface area contributed by atoms with Gasteiger partial charge in [-0.2, -0.15) is 0 Å². The van der Waals surface area contributed by atoms with Gasteiger partial charge in [-0.1, -0.05) is 37.3 Å². The molecule has 1 atom stereocenters. The second-order valence-corrected chi connectivity index (χ2v) is 6.40. The molecule has 0 aliphatic heterocycles. The van der Waals surface area contributed by atoms with Crippen molar-refractivity contribution in [1.82, 2.24) is 10.2 Å². The van der Waals surface area contributed by atoms with Crippen LogP contribution in [0.2, 0.25) is 0 Å². The zero-order valence-corrected chi connectivity index (χ0v) is 16.0. The van der Waals surface area contributed by atoms with Crippen molar-refractivity contribution in [3.63, 3.8) is 0 Å². The summed E-state index contributed by atoms with van der Waals surface area (Å²) in [6, 6.07) is 8.00. The highest BCUT2D eigenvalue weighted by molar-refractivity contribution is 5.91. The molecular weight excluding hydrogens is 310 g/mol. The smallest absolute Gasteiger partial charge is 0.224 e. The number of carbonyl (C=O) groups is 1. The van der Waals surface area contributed by atoms with Gasteiger partial charge in [-0.05, 0) is 63.3 Å². The molecule has 0 aromatic heterocycles. The van der Waals surface area contributed by atoms with Crippen LogP contribution in [-0.4, -0.2) is 24.9 Å². The van der Waals surface area contributed by atoms with Crippen LogP contribution in [-0.2, 0) is 11.3 Å². The Labute approximate surface area is 152 Å². The van der Waals surface area contributed by atoms with Crippen molar-refractivity contribution in [2.24, 2.45) is 5.92 Å². The van der Waals surface area contributed by atoms with Gasteiger partial charge in [0, 0.05) is 24.9 Å². The summed E-state index contributed by atoms with van der Waals surface area (Å²) in [6.07, 6.45) is 10.2. The Hall–Kier alpha value is -2.33.